The first-order valence-electron chi connectivity index (χ1n) is 7.44. The van der Waals surface area contributed by atoms with Gasteiger partial charge in [-0.3, -0.25) is 0 Å². The van der Waals surface area contributed by atoms with Gasteiger partial charge >= 0.3 is 0 Å². The Morgan fingerprint density at radius 2 is 1.05 bits per heavy atom. The van der Waals surface area contributed by atoms with Crippen LogP contribution in [0.15, 0.2) is 99.6 Å². The lowest BCUT2D eigenvalue weighted by Crippen LogP contribution is -2.06. The molecule has 0 saturated heterocycles. The van der Waals surface area contributed by atoms with Crippen LogP contribution < -0.4 is 0 Å². The molecule has 3 aromatic rings. The van der Waals surface area contributed by atoms with Gasteiger partial charge in [0.2, 0.25) is 0 Å². The standard InChI is InChI=1S/C20H19IS/c1-2-22(18-9-5-3-6-10-18,19-11-7-4-8-12-19)20-15-13-17(21)14-16-20/h3-16H,2H2,1H3. The van der Waals surface area contributed by atoms with E-state index >= 15 is 0 Å². The van der Waals surface area contributed by atoms with Gasteiger partial charge in [-0.15, -0.1) is 0 Å². The molecule has 0 bridgehead atoms. The molecule has 0 radical (unpaired) electrons. The number of hydrogen-bond donors (Lipinski definition) is 0. The molecule has 0 heterocycles. The van der Waals surface area contributed by atoms with Gasteiger partial charge in [0.1, 0.15) is 0 Å². The van der Waals surface area contributed by atoms with E-state index < -0.39 is 10.0 Å². The largest absolute Gasteiger partial charge is 0.161 e. The van der Waals surface area contributed by atoms with E-state index in [1.165, 1.54) is 18.3 Å². The highest BCUT2D eigenvalue weighted by Crippen LogP contribution is 2.67. The predicted octanol–water partition coefficient (Wildman–Crippen LogP) is 6.59. The van der Waals surface area contributed by atoms with Crippen molar-refractivity contribution in [3.8, 4) is 0 Å². The van der Waals surface area contributed by atoms with Gasteiger partial charge in [0.05, 0.1) is 0 Å². The zero-order valence-corrected chi connectivity index (χ0v) is 15.6. The van der Waals surface area contributed by atoms with E-state index in [0.717, 1.165) is 5.75 Å². The van der Waals surface area contributed by atoms with E-state index in [-0.39, 0.29) is 0 Å². The molecule has 22 heavy (non-hydrogen) atoms. The maximum atomic E-state index is 2.38. The van der Waals surface area contributed by atoms with E-state index in [1.54, 1.807) is 0 Å². The van der Waals surface area contributed by atoms with Crippen LogP contribution in [0.1, 0.15) is 6.92 Å². The Bertz CT molecular complexity index is 681. The summed E-state index contributed by atoms with van der Waals surface area (Å²) in [7, 11) is -1.19. The van der Waals surface area contributed by atoms with Crippen LogP contribution in [0.3, 0.4) is 0 Å². The second kappa shape index (κ2) is 6.88. The summed E-state index contributed by atoms with van der Waals surface area (Å²) in [6, 6.07) is 31.0. The van der Waals surface area contributed by atoms with Crippen molar-refractivity contribution in [3.05, 3.63) is 88.5 Å². The van der Waals surface area contributed by atoms with Crippen LogP contribution in [0.25, 0.3) is 0 Å². The molecule has 112 valence electrons. The molecule has 0 aliphatic carbocycles. The van der Waals surface area contributed by atoms with Gasteiger partial charge in [-0.1, -0.05) is 43.3 Å². The van der Waals surface area contributed by atoms with Gasteiger partial charge in [0.15, 0.2) is 0 Å². The van der Waals surface area contributed by atoms with Crippen LogP contribution in [0.2, 0.25) is 0 Å². The van der Waals surface area contributed by atoms with Crippen LogP contribution in [-0.4, -0.2) is 5.75 Å². The Hall–Kier alpha value is -1.26. The molecule has 0 spiro atoms. The van der Waals surface area contributed by atoms with E-state index in [0.29, 0.717) is 0 Å². The van der Waals surface area contributed by atoms with E-state index in [4.69, 9.17) is 0 Å². The van der Waals surface area contributed by atoms with Gasteiger partial charge in [-0.25, -0.2) is 0 Å². The van der Waals surface area contributed by atoms with Crippen LogP contribution in [0, 0.1) is 3.57 Å². The summed E-state index contributed by atoms with van der Waals surface area (Å²) >= 11 is 2.38. The van der Waals surface area contributed by atoms with Crippen molar-refractivity contribution < 1.29 is 0 Å². The molecule has 0 nitrogen and oxygen atoms in total. The smallest absolute Gasteiger partial charge is 0.0131 e. The van der Waals surface area contributed by atoms with Gasteiger partial charge in [-0.2, -0.15) is 10.0 Å². The molecule has 0 saturated carbocycles. The zero-order valence-electron chi connectivity index (χ0n) is 12.6. The van der Waals surface area contributed by atoms with Crippen LogP contribution in [-0.2, 0) is 0 Å². The van der Waals surface area contributed by atoms with Crippen LogP contribution in [0.5, 0.6) is 0 Å². The van der Waals surface area contributed by atoms with Gasteiger partial charge in [0.25, 0.3) is 0 Å². The summed E-state index contributed by atoms with van der Waals surface area (Å²) in [6.07, 6.45) is 0. The lowest BCUT2D eigenvalue weighted by Gasteiger charge is -2.40. The van der Waals surface area contributed by atoms with E-state index in [1.807, 2.05) is 0 Å². The topological polar surface area (TPSA) is 0 Å². The molecule has 3 aromatic carbocycles. The number of halogens is 1. The van der Waals surface area contributed by atoms with Crippen molar-refractivity contribution in [3.63, 3.8) is 0 Å². The highest BCUT2D eigenvalue weighted by molar-refractivity contribution is 14.1. The molecule has 0 amide bonds. The summed E-state index contributed by atoms with van der Waals surface area (Å²) in [5.41, 5.74) is 0. The van der Waals surface area contributed by atoms with Crippen molar-refractivity contribution in [2.45, 2.75) is 21.6 Å². The molecule has 0 aromatic heterocycles. The Morgan fingerprint density at radius 1 is 0.636 bits per heavy atom. The highest BCUT2D eigenvalue weighted by atomic mass is 127. The molecule has 2 heteroatoms. The second-order valence-electron chi connectivity index (χ2n) is 5.11. The van der Waals surface area contributed by atoms with E-state index in [9.17, 15) is 0 Å². The normalized spacial score (nSPS) is 12.1. The van der Waals surface area contributed by atoms with Crippen molar-refractivity contribution in [2.75, 3.05) is 5.75 Å². The third-order valence-electron chi connectivity index (χ3n) is 3.94. The molecular weight excluding hydrogens is 399 g/mol. The first-order chi connectivity index (χ1) is 10.8. The third-order valence-corrected chi connectivity index (χ3v) is 8.76. The molecule has 0 aliphatic heterocycles. The summed E-state index contributed by atoms with van der Waals surface area (Å²) < 4.78 is 1.28. The summed E-state index contributed by atoms with van der Waals surface area (Å²) in [5, 5.41) is 0. The molecule has 0 unspecified atom stereocenters. The monoisotopic (exact) mass is 418 g/mol. The molecule has 0 aliphatic rings. The lowest BCUT2D eigenvalue weighted by molar-refractivity contribution is 1.25. The molecular formula is C20H19IS. The maximum absolute atomic E-state index is 2.38. The minimum atomic E-state index is -1.19. The summed E-state index contributed by atoms with van der Waals surface area (Å²) in [6.45, 7) is 2.31. The van der Waals surface area contributed by atoms with E-state index in [2.05, 4.69) is 114 Å². The summed E-state index contributed by atoms with van der Waals surface area (Å²) in [4.78, 5) is 4.31. The Labute approximate surface area is 148 Å². The Balaban J connectivity index is 2.28. The molecule has 3 rings (SSSR count). The van der Waals surface area contributed by atoms with Crippen molar-refractivity contribution >= 4 is 32.6 Å². The zero-order chi connectivity index (χ0) is 15.4. The van der Waals surface area contributed by atoms with Crippen LogP contribution in [0.4, 0.5) is 0 Å². The fraction of sp³-hybridized carbons (Fsp3) is 0.100. The quantitative estimate of drug-likeness (QED) is 0.419. The fourth-order valence-corrected chi connectivity index (χ4v) is 6.90. The lowest BCUT2D eigenvalue weighted by atomic mass is 10.4. The number of rotatable bonds is 4. The highest BCUT2D eigenvalue weighted by Gasteiger charge is 2.28. The third kappa shape index (κ3) is 2.82. The average Bonchev–Trinajstić information content (AvgIpc) is 2.59. The SMILES string of the molecule is CCS(c1ccccc1)(c1ccccc1)c1ccc(I)cc1. The fourth-order valence-electron chi connectivity index (χ4n) is 2.88. The minimum absolute atomic E-state index is 1.11. The first-order valence-corrected chi connectivity index (χ1v) is 10.3. The summed E-state index contributed by atoms with van der Waals surface area (Å²) in [5.74, 6) is 1.11. The first kappa shape index (κ1) is 15.6. The Morgan fingerprint density at radius 3 is 1.45 bits per heavy atom. The molecule has 0 N–H and O–H groups in total. The van der Waals surface area contributed by atoms with Gasteiger partial charge in [-0.05, 0) is 91.6 Å². The van der Waals surface area contributed by atoms with Crippen molar-refractivity contribution in [1.29, 1.82) is 0 Å². The number of benzene rings is 3. The second-order valence-corrected chi connectivity index (χ2v) is 9.82. The molecule has 0 fully saturated rings. The predicted molar refractivity (Wildman–Crippen MR) is 105 cm³/mol. The molecule has 0 atom stereocenters. The van der Waals surface area contributed by atoms with Crippen LogP contribution >= 0.6 is 32.6 Å². The minimum Gasteiger partial charge on any atom is -0.161 e. The van der Waals surface area contributed by atoms with Crippen molar-refractivity contribution in [2.24, 2.45) is 0 Å². The maximum Gasteiger partial charge on any atom is 0.0131 e. The van der Waals surface area contributed by atoms with Gasteiger partial charge < -0.3 is 0 Å². The Kier molecular flexibility index (Phi) is 4.89. The average molecular weight is 418 g/mol. The van der Waals surface area contributed by atoms with Crippen molar-refractivity contribution in [1.82, 2.24) is 0 Å². The van der Waals surface area contributed by atoms with Gasteiger partial charge in [0, 0.05) is 3.57 Å². The number of hydrogen-bond acceptors (Lipinski definition) is 0.